The van der Waals surface area contributed by atoms with Gasteiger partial charge in [-0.2, -0.15) is 0 Å². The van der Waals surface area contributed by atoms with E-state index in [1.807, 2.05) is 35.9 Å². The fourth-order valence-corrected chi connectivity index (χ4v) is 4.65. The van der Waals surface area contributed by atoms with Crippen LogP contribution in [0.5, 0.6) is 0 Å². The van der Waals surface area contributed by atoms with Gasteiger partial charge in [-0.1, -0.05) is 17.7 Å². The molecule has 4 N–H and O–H groups in total. The van der Waals surface area contributed by atoms with Crippen molar-refractivity contribution in [1.29, 1.82) is 0 Å². The van der Waals surface area contributed by atoms with E-state index in [0.29, 0.717) is 23.7 Å². The molecule has 0 fully saturated rings. The number of nitrogen functional groups attached to an aromatic ring is 1. The minimum absolute atomic E-state index is 0.153. The molecular weight excluding hydrogens is 431 g/mol. The van der Waals surface area contributed by atoms with Crippen LogP contribution in [0.2, 0.25) is 5.02 Å². The van der Waals surface area contributed by atoms with Gasteiger partial charge in [-0.05, 0) is 61.2 Å². The molecule has 32 heavy (non-hydrogen) atoms. The second-order valence-corrected chi connectivity index (χ2v) is 8.63. The molecule has 0 aliphatic heterocycles. The highest BCUT2D eigenvalue weighted by molar-refractivity contribution is 6.33. The Labute approximate surface area is 188 Å². The molecule has 1 aliphatic carbocycles. The van der Waals surface area contributed by atoms with Gasteiger partial charge in [-0.25, -0.2) is 9.37 Å². The fourth-order valence-electron chi connectivity index (χ4n) is 4.50. The molecule has 6 nitrogen and oxygen atoms in total. The lowest BCUT2D eigenvalue weighted by Gasteiger charge is -2.20. The van der Waals surface area contributed by atoms with E-state index in [1.54, 1.807) is 12.3 Å². The third-order valence-corrected chi connectivity index (χ3v) is 6.53. The zero-order valence-corrected chi connectivity index (χ0v) is 18.1. The number of aliphatic hydroxyl groups excluding tert-OH is 2. The van der Waals surface area contributed by atoms with E-state index in [1.165, 1.54) is 12.1 Å². The van der Waals surface area contributed by atoms with Crippen LogP contribution in [0.4, 0.5) is 10.2 Å². The van der Waals surface area contributed by atoms with Gasteiger partial charge in [-0.15, -0.1) is 0 Å². The Morgan fingerprint density at radius 3 is 2.78 bits per heavy atom. The molecule has 1 aromatic carbocycles. The summed E-state index contributed by atoms with van der Waals surface area (Å²) in [7, 11) is 0. The number of anilines is 1. The van der Waals surface area contributed by atoms with Gasteiger partial charge in [0.1, 0.15) is 23.8 Å². The molecule has 4 aromatic rings. The average Bonchev–Trinajstić information content (AvgIpc) is 3.31. The van der Waals surface area contributed by atoms with Crippen LogP contribution >= 0.6 is 11.6 Å². The van der Waals surface area contributed by atoms with Crippen molar-refractivity contribution in [2.75, 3.05) is 5.73 Å². The smallest absolute Gasteiger partial charge is 0.142 e. The number of nitrogens with two attached hydrogens (primary N) is 1. The molecule has 3 heterocycles. The Balaban J connectivity index is 1.42. The molecule has 3 aromatic heterocycles. The number of aryl methyl sites for hydroxylation is 2. The van der Waals surface area contributed by atoms with Crippen molar-refractivity contribution in [3.05, 3.63) is 76.5 Å². The Hall–Kier alpha value is -3.00. The van der Waals surface area contributed by atoms with Crippen LogP contribution < -0.4 is 5.73 Å². The molecule has 0 saturated carbocycles. The highest BCUT2D eigenvalue weighted by Gasteiger charge is 2.35. The van der Waals surface area contributed by atoms with Gasteiger partial charge in [0.2, 0.25) is 0 Å². The number of fused-ring (bicyclic) bond motifs is 2. The number of aliphatic hydroxyl groups is 2. The summed E-state index contributed by atoms with van der Waals surface area (Å²) in [5.41, 5.74) is 9.50. The van der Waals surface area contributed by atoms with Gasteiger partial charge in [0.25, 0.3) is 0 Å². The van der Waals surface area contributed by atoms with Gasteiger partial charge in [0.15, 0.2) is 0 Å². The van der Waals surface area contributed by atoms with Crippen LogP contribution in [0, 0.1) is 12.7 Å². The topological polar surface area (TPSA) is 97.2 Å². The quantitative estimate of drug-likeness (QED) is 0.405. The summed E-state index contributed by atoms with van der Waals surface area (Å²) < 4.78 is 16.5. The number of nitrogens with zero attached hydrogens (tertiary/aromatic N) is 3. The van der Waals surface area contributed by atoms with E-state index in [0.717, 1.165) is 27.7 Å². The number of hydrogen-bond donors (Lipinski definition) is 3. The molecule has 0 bridgehead atoms. The number of benzene rings is 1. The average molecular weight is 453 g/mol. The van der Waals surface area contributed by atoms with Crippen LogP contribution in [0.25, 0.3) is 21.8 Å². The van der Waals surface area contributed by atoms with E-state index in [9.17, 15) is 14.6 Å². The SMILES string of the molecule is Cc1nccc2c1ccn2C1C=C(CCc2cc(F)c3cc(Cl)c(N)nc3c2)C(O)[C@@H]1O. The van der Waals surface area contributed by atoms with Gasteiger partial charge in [-0.3, -0.25) is 4.98 Å². The first-order valence-corrected chi connectivity index (χ1v) is 10.7. The predicted octanol–water partition coefficient (Wildman–Crippen LogP) is 4.10. The second kappa shape index (κ2) is 7.85. The van der Waals surface area contributed by atoms with E-state index in [2.05, 4.69) is 9.97 Å². The molecule has 0 saturated heterocycles. The Kier molecular flexibility index (Phi) is 5.12. The van der Waals surface area contributed by atoms with Gasteiger partial charge in [0.05, 0.1) is 22.1 Å². The number of rotatable bonds is 4. The molecule has 0 amide bonds. The Morgan fingerprint density at radius 2 is 1.97 bits per heavy atom. The summed E-state index contributed by atoms with van der Waals surface area (Å²) in [5.74, 6) is -0.270. The predicted molar refractivity (Wildman–Crippen MR) is 123 cm³/mol. The maximum absolute atomic E-state index is 14.6. The maximum Gasteiger partial charge on any atom is 0.142 e. The number of pyridine rings is 2. The normalized spacial score (nSPS) is 20.9. The molecule has 0 spiro atoms. The first kappa shape index (κ1) is 20.9. The lowest BCUT2D eigenvalue weighted by molar-refractivity contribution is 0.0318. The molecule has 1 aliphatic rings. The molecule has 5 rings (SSSR count). The van der Waals surface area contributed by atoms with Crippen molar-refractivity contribution in [2.24, 2.45) is 0 Å². The number of halogens is 2. The van der Waals surface area contributed by atoms with Crippen molar-refractivity contribution in [2.45, 2.75) is 38.0 Å². The summed E-state index contributed by atoms with van der Waals surface area (Å²) in [5, 5.41) is 22.9. The third kappa shape index (κ3) is 3.43. The summed E-state index contributed by atoms with van der Waals surface area (Å²) in [6, 6.07) is 8.16. The first-order chi connectivity index (χ1) is 15.3. The van der Waals surface area contributed by atoms with Crippen LogP contribution in [0.3, 0.4) is 0 Å². The van der Waals surface area contributed by atoms with Crippen molar-refractivity contribution < 1.29 is 14.6 Å². The molecule has 164 valence electrons. The fraction of sp³-hybridized carbons (Fsp3) is 0.250. The van der Waals surface area contributed by atoms with Crippen LogP contribution in [0.15, 0.2) is 54.4 Å². The maximum atomic E-state index is 14.6. The Morgan fingerprint density at radius 1 is 1.16 bits per heavy atom. The van der Waals surface area contributed by atoms with E-state index in [4.69, 9.17) is 17.3 Å². The summed E-state index contributed by atoms with van der Waals surface area (Å²) in [4.78, 5) is 8.49. The molecule has 3 atom stereocenters. The lowest BCUT2D eigenvalue weighted by atomic mass is 10.0. The zero-order chi connectivity index (χ0) is 22.6. The molecule has 8 heteroatoms. The van der Waals surface area contributed by atoms with Gasteiger partial charge in [0, 0.05) is 28.9 Å². The summed E-state index contributed by atoms with van der Waals surface area (Å²) in [6.45, 7) is 1.94. The van der Waals surface area contributed by atoms with Crippen LogP contribution in [-0.2, 0) is 6.42 Å². The lowest BCUT2D eigenvalue weighted by Crippen LogP contribution is -2.29. The van der Waals surface area contributed by atoms with E-state index >= 15 is 0 Å². The van der Waals surface area contributed by atoms with Crippen LogP contribution in [-0.4, -0.2) is 37.0 Å². The summed E-state index contributed by atoms with van der Waals surface area (Å²) >= 11 is 5.96. The molecule has 0 radical (unpaired) electrons. The van der Waals surface area contributed by atoms with Crippen molar-refractivity contribution in [3.8, 4) is 0 Å². The minimum atomic E-state index is -0.988. The zero-order valence-electron chi connectivity index (χ0n) is 17.3. The Bertz CT molecular complexity index is 1380. The van der Waals surface area contributed by atoms with Crippen LogP contribution in [0.1, 0.15) is 23.7 Å². The standard InChI is InChI=1S/C24H22ClFN4O2/c1-12-15-5-7-30(20(15)4-6-28-12)21-10-14(22(31)23(21)32)3-2-13-8-18(26)16-11-17(25)24(27)29-19(16)9-13/h4-11,21-23,31-32H,2-3H2,1H3,(H2,27,29)/t21?,22?,23-/m1/s1. The van der Waals surface area contributed by atoms with E-state index in [-0.39, 0.29) is 10.8 Å². The van der Waals surface area contributed by atoms with Crippen molar-refractivity contribution in [1.82, 2.24) is 14.5 Å². The first-order valence-electron chi connectivity index (χ1n) is 10.4. The monoisotopic (exact) mass is 452 g/mol. The highest BCUT2D eigenvalue weighted by atomic mass is 35.5. The number of aromatic nitrogens is 3. The van der Waals surface area contributed by atoms with E-state index < -0.39 is 24.1 Å². The molecule has 2 unspecified atom stereocenters. The highest BCUT2D eigenvalue weighted by Crippen LogP contribution is 2.35. The minimum Gasteiger partial charge on any atom is -0.388 e. The van der Waals surface area contributed by atoms with Gasteiger partial charge >= 0.3 is 0 Å². The number of hydrogen-bond acceptors (Lipinski definition) is 5. The van der Waals surface area contributed by atoms with Crippen molar-refractivity contribution >= 4 is 39.2 Å². The molecular formula is C24H22ClFN4O2. The largest absolute Gasteiger partial charge is 0.388 e. The third-order valence-electron chi connectivity index (χ3n) is 6.23. The van der Waals surface area contributed by atoms with Gasteiger partial charge < -0.3 is 20.5 Å². The van der Waals surface area contributed by atoms with Crippen molar-refractivity contribution in [3.63, 3.8) is 0 Å². The second-order valence-electron chi connectivity index (χ2n) is 8.22. The summed E-state index contributed by atoms with van der Waals surface area (Å²) in [6.07, 6.45) is 4.54.